The highest BCUT2D eigenvalue weighted by molar-refractivity contribution is 5.79. The fourth-order valence-electron chi connectivity index (χ4n) is 2.40. The van der Waals surface area contributed by atoms with Crippen LogP contribution in [0.5, 0.6) is 0 Å². The average Bonchev–Trinajstić information content (AvgIpc) is 2.91. The van der Waals surface area contributed by atoms with Gasteiger partial charge in [0, 0.05) is 19.6 Å². The third-order valence-electron chi connectivity index (χ3n) is 4.15. The number of amides is 1. The second-order valence-corrected chi connectivity index (χ2v) is 5.24. The SMILES string of the molecule is CCC(CC)(CNC(=O)CCC1CCCO1)C(=O)O. The molecule has 0 aromatic heterocycles. The van der Waals surface area contributed by atoms with Crippen molar-refractivity contribution in [2.75, 3.05) is 13.2 Å². The van der Waals surface area contributed by atoms with Crippen LogP contribution in [0.3, 0.4) is 0 Å². The molecule has 0 spiro atoms. The van der Waals surface area contributed by atoms with E-state index in [1.54, 1.807) is 0 Å². The van der Waals surface area contributed by atoms with Crippen molar-refractivity contribution in [3.05, 3.63) is 0 Å². The summed E-state index contributed by atoms with van der Waals surface area (Å²) >= 11 is 0. The first kappa shape index (κ1) is 16.0. The van der Waals surface area contributed by atoms with E-state index in [1.807, 2.05) is 13.8 Å². The van der Waals surface area contributed by atoms with E-state index in [0.29, 0.717) is 19.3 Å². The third-order valence-corrected chi connectivity index (χ3v) is 4.15. The van der Waals surface area contributed by atoms with Crippen LogP contribution in [0.2, 0.25) is 0 Å². The lowest BCUT2D eigenvalue weighted by atomic mass is 9.82. The molecule has 1 heterocycles. The number of hydrogen-bond donors (Lipinski definition) is 2. The summed E-state index contributed by atoms with van der Waals surface area (Å²) in [5.74, 6) is -0.917. The van der Waals surface area contributed by atoms with E-state index in [4.69, 9.17) is 4.74 Å². The minimum Gasteiger partial charge on any atom is -0.481 e. The van der Waals surface area contributed by atoms with Crippen molar-refractivity contribution in [3.8, 4) is 0 Å². The van der Waals surface area contributed by atoms with Gasteiger partial charge in [0.05, 0.1) is 11.5 Å². The molecule has 0 radical (unpaired) electrons. The van der Waals surface area contributed by atoms with E-state index >= 15 is 0 Å². The van der Waals surface area contributed by atoms with Gasteiger partial charge < -0.3 is 15.2 Å². The summed E-state index contributed by atoms with van der Waals surface area (Å²) in [4.78, 5) is 23.0. The molecule has 19 heavy (non-hydrogen) atoms. The van der Waals surface area contributed by atoms with E-state index < -0.39 is 11.4 Å². The van der Waals surface area contributed by atoms with Crippen LogP contribution in [-0.4, -0.2) is 36.2 Å². The molecule has 1 aliphatic heterocycles. The summed E-state index contributed by atoms with van der Waals surface area (Å²) in [6.07, 6.45) is 4.47. The van der Waals surface area contributed by atoms with Crippen LogP contribution in [0, 0.1) is 5.41 Å². The second-order valence-electron chi connectivity index (χ2n) is 5.24. The predicted octanol–water partition coefficient (Wildman–Crippen LogP) is 1.95. The number of carboxylic acids is 1. The van der Waals surface area contributed by atoms with Gasteiger partial charge in [0.25, 0.3) is 0 Å². The van der Waals surface area contributed by atoms with Gasteiger partial charge >= 0.3 is 5.97 Å². The standard InChI is InChI=1S/C14H25NO4/c1-3-14(4-2,13(17)18)10-15-12(16)8-7-11-6-5-9-19-11/h11H,3-10H2,1-2H3,(H,15,16)(H,17,18). The Kier molecular flexibility index (Phi) is 6.28. The maximum absolute atomic E-state index is 11.7. The summed E-state index contributed by atoms with van der Waals surface area (Å²) in [6, 6.07) is 0. The zero-order valence-electron chi connectivity index (χ0n) is 11.9. The van der Waals surface area contributed by atoms with Crippen molar-refractivity contribution in [3.63, 3.8) is 0 Å². The number of nitrogens with one attached hydrogen (secondary N) is 1. The quantitative estimate of drug-likeness (QED) is 0.707. The Morgan fingerprint density at radius 1 is 1.37 bits per heavy atom. The smallest absolute Gasteiger partial charge is 0.311 e. The molecule has 5 heteroatoms. The lowest BCUT2D eigenvalue weighted by Crippen LogP contribution is -2.42. The monoisotopic (exact) mass is 271 g/mol. The molecular weight excluding hydrogens is 246 g/mol. The summed E-state index contributed by atoms with van der Waals surface area (Å²) in [5.41, 5.74) is -0.834. The van der Waals surface area contributed by atoms with Crippen molar-refractivity contribution < 1.29 is 19.4 Å². The Morgan fingerprint density at radius 2 is 2.05 bits per heavy atom. The Hall–Kier alpha value is -1.10. The van der Waals surface area contributed by atoms with Gasteiger partial charge in [-0.05, 0) is 32.1 Å². The molecule has 2 N–H and O–H groups in total. The molecule has 0 aromatic carbocycles. The number of rotatable bonds is 8. The number of ether oxygens (including phenoxy) is 1. The zero-order valence-corrected chi connectivity index (χ0v) is 11.9. The van der Waals surface area contributed by atoms with E-state index in [1.165, 1.54) is 0 Å². The molecule has 1 aliphatic rings. The highest BCUT2D eigenvalue weighted by Gasteiger charge is 2.35. The number of carboxylic acid groups (broad SMARTS) is 1. The van der Waals surface area contributed by atoms with Crippen LogP contribution >= 0.6 is 0 Å². The van der Waals surface area contributed by atoms with E-state index in [9.17, 15) is 14.7 Å². The molecule has 0 saturated carbocycles. The summed E-state index contributed by atoms with van der Waals surface area (Å²) in [5, 5.41) is 12.0. The maximum Gasteiger partial charge on any atom is 0.311 e. The van der Waals surface area contributed by atoms with Gasteiger partial charge in [0.15, 0.2) is 0 Å². The van der Waals surface area contributed by atoms with E-state index in [2.05, 4.69) is 5.32 Å². The van der Waals surface area contributed by atoms with Gasteiger partial charge in [0.2, 0.25) is 5.91 Å². The Bertz CT molecular complexity index is 307. The first-order valence-electron chi connectivity index (χ1n) is 7.15. The normalized spacial score (nSPS) is 19.4. The fraction of sp³-hybridized carbons (Fsp3) is 0.857. The van der Waals surface area contributed by atoms with Crippen molar-refractivity contribution in [2.45, 2.75) is 58.5 Å². The zero-order chi connectivity index (χ0) is 14.3. The summed E-state index contributed by atoms with van der Waals surface area (Å²) in [6.45, 7) is 4.69. The third kappa shape index (κ3) is 4.49. The number of carbonyl (C=O) groups is 2. The number of carbonyl (C=O) groups excluding carboxylic acids is 1. The van der Waals surface area contributed by atoms with E-state index in [-0.39, 0.29) is 18.6 Å². The average molecular weight is 271 g/mol. The molecule has 5 nitrogen and oxygen atoms in total. The molecule has 0 bridgehead atoms. The largest absolute Gasteiger partial charge is 0.481 e. The molecular formula is C14H25NO4. The second kappa shape index (κ2) is 7.48. The topological polar surface area (TPSA) is 75.6 Å². The molecule has 1 fully saturated rings. The summed E-state index contributed by atoms with van der Waals surface area (Å²) < 4.78 is 5.46. The molecule has 1 amide bonds. The molecule has 1 saturated heterocycles. The molecule has 1 rings (SSSR count). The van der Waals surface area contributed by atoms with Crippen molar-refractivity contribution >= 4 is 11.9 Å². The van der Waals surface area contributed by atoms with Gasteiger partial charge in [-0.3, -0.25) is 9.59 Å². The molecule has 1 atom stereocenters. The lowest BCUT2D eigenvalue weighted by molar-refractivity contribution is -0.149. The lowest BCUT2D eigenvalue weighted by Gasteiger charge is -2.26. The minimum absolute atomic E-state index is 0.0805. The van der Waals surface area contributed by atoms with Crippen molar-refractivity contribution in [1.29, 1.82) is 0 Å². The van der Waals surface area contributed by atoms with Gasteiger partial charge in [-0.1, -0.05) is 13.8 Å². The van der Waals surface area contributed by atoms with E-state index in [0.717, 1.165) is 25.9 Å². The predicted molar refractivity (Wildman–Crippen MR) is 71.9 cm³/mol. The molecule has 110 valence electrons. The Labute approximate surface area is 114 Å². The van der Waals surface area contributed by atoms with Gasteiger partial charge in [0.1, 0.15) is 0 Å². The van der Waals surface area contributed by atoms with Crippen molar-refractivity contribution in [2.24, 2.45) is 5.41 Å². The first-order chi connectivity index (χ1) is 9.04. The van der Waals surface area contributed by atoms with Crippen LogP contribution in [0.4, 0.5) is 0 Å². The van der Waals surface area contributed by atoms with Gasteiger partial charge in [-0.25, -0.2) is 0 Å². The molecule has 0 aromatic rings. The van der Waals surface area contributed by atoms with Crippen LogP contribution in [0.15, 0.2) is 0 Å². The number of hydrogen-bond acceptors (Lipinski definition) is 3. The highest BCUT2D eigenvalue weighted by atomic mass is 16.5. The minimum atomic E-state index is -0.836. The van der Waals surface area contributed by atoms with Crippen LogP contribution < -0.4 is 5.32 Å². The fourth-order valence-corrected chi connectivity index (χ4v) is 2.40. The van der Waals surface area contributed by atoms with Gasteiger partial charge in [-0.15, -0.1) is 0 Å². The summed E-state index contributed by atoms with van der Waals surface area (Å²) in [7, 11) is 0. The van der Waals surface area contributed by atoms with Crippen LogP contribution in [0.25, 0.3) is 0 Å². The highest BCUT2D eigenvalue weighted by Crippen LogP contribution is 2.25. The Morgan fingerprint density at radius 3 is 2.53 bits per heavy atom. The van der Waals surface area contributed by atoms with Crippen LogP contribution in [-0.2, 0) is 14.3 Å². The van der Waals surface area contributed by atoms with Crippen molar-refractivity contribution in [1.82, 2.24) is 5.32 Å². The Balaban J connectivity index is 2.32. The molecule has 1 unspecified atom stereocenters. The maximum atomic E-state index is 11.7. The van der Waals surface area contributed by atoms with Crippen LogP contribution in [0.1, 0.15) is 52.4 Å². The van der Waals surface area contributed by atoms with Gasteiger partial charge in [-0.2, -0.15) is 0 Å². The number of aliphatic carboxylic acids is 1. The first-order valence-corrected chi connectivity index (χ1v) is 7.15. The molecule has 0 aliphatic carbocycles.